The predicted octanol–water partition coefficient (Wildman–Crippen LogP) is 2.65. The Labute approximate surface area is 126 Å². The van der Waals surface area contributed by atoms with Crippen LogP contribution in [0.4, 0.5) is 5.69 Å². The molecule has 1 aromatic carbocycles. The van der Waals surface area contributed by atoms with E-state index in [0.29, 0.717) is 28.8 Å². The molecule has 7 heteroatoms. The highest BCUT2D eigenvalue weighted by Gasteiger charge is 2.25. The lowest BCUT2D eigenvalue weighted by Crippen LogP contribution is -2.27. The van der Waals surface area contributed by atoms with Gasteiger partial charge in [0.25, 0.3) is 5.91 Å². The molecule has 1 aliphatic heterocycles. The fourth-order valence-corrected chi connectivity index (χ4v) is 2.34. The van der Waals surface area contributed by atoms with Crippen molar-refractivity contribution in [2.45, 2.75) is 18.9 Å². The molecular formula is C13H13Cl2NO4. The van der Waals surface area contributed by atoms with Gasteiger partial charge in [0.2, 0.25) is 0 Å². The number of benzene rings is 1. The lowest BCUT2D eigenvalue weighted by Gasteiger charge is -2.10. The van der Waals surface area contributed by atoms with Gasteiger partial charge in [0.1, 0.15) is 0 Å². The minimum Gasteiger partial charge on any atom is -0.454 e. The van der Waals surface area contributed by atoms with Gasteiger partial charge in [0.15, 0.2) is 12.7 Å². The molecule has 1 aliphatic rings. The zero-order valence-corrected chi connectivity index (χ0v) is 12.0. The molecule has 0 aromatic heterocycles. The second-order valence-corrected chi connectivity index (χ2v) is 5.19. The van der Waals surface area contributed by atoms with Crippen LogP contribution in [0.5, 0.6) is 0 Å². The van der Waals surface area contributed by atoms with Crippen molar-refractivity contribution in [3.05, 3.63) is 28.2 Å². The Morgan fingerprint density at radius 1 is 1.30 bits per heavy atom. The Bertz CT molecular complexity index is 495. The maximum atomic E-state index is 11.6. The van der Waals surface area contributed by atoms with Crippen molar-refractivity contribution < 1.29 is 19.1 Å². The Morgan fingerprint density at radius 2 is 2.00 bits per heavy atom. The Morgan fingerprint density at radius 3 is 2.60 bits per heavy atom. The molecule has 20 heavy (non-hydrogen) atoms. The third kappa shape index (κ3) is 4.37. The van der Waals surface area contributed by atoms with Gasteiger partial charge in [0.05, 0.1) is 0 Å². The third-order valence-corrected chi connectivity index (χ3v) is 3.12. The van der Waals surface area contributed by atoms with Crippen molar-refractivity contribution in [2.24, 2.45) is 0 Å². The molecule has 1 saturated heterocycles. The quantitative estimate of drug-likeness (QED) is 0.867. The van der Waals surface area contributed by atoms with Gasteiger partial charge in [-0.15, -0.1) is 0 Å². The van der Waals surface area contributed by atoms with Crippen LogP contribution >= 0.6 is 23.2 Å². The van der Waals surface area contributed by atoms with Crippen molar-refractivity contribution in [2.75, 3.05) is 18.5 Å². The van der Waals surface area contributed by atoms with E-state index in [2.05, 4.69) is 5.32 Å². The lowest BCUT2D eigenvalue weighted by molar-refractivity contribution is -0.156. The van der Waals surface area contributed by atoms with Crippen LogP contribution in [0.3, 0.4) is 0 Å². The van der Waals surface area contributed by atoms with E-state index < -0.39 is 18.0 Å². The number of carbonyl (C=O) groups excluding carboxylic acids is 2. The summed E-state index contributed by atoms with van der Waals surface area (Å²) in [5.74, 6) is -0.976. The highest BCUT2D eigenvalue weighted by atomic mass is 35.5. The van der Waals surface area contributed by atoms with Crippen LogP contribution in [0.15, 0.2) is 18.2 Å². The SMILES string of the molecule is O=C(COC(=O)[C@@H]1CCCO1)Nc1cc(Cl)cc(Cl)c1. The van der Waals surface area contributed by atoms with Crippen LogP contribution in [-0.2, 0) is 19.1 Å². The summed E-state index contributed by atoms with van der Waals surface area (Å²) >= 11 is 11.6. The van der Waals surface area contributed by atoms with E-state index in [1.807, 2.05) is 0 Å². The highest BCUT2D eigenvalue weighted by Crippen LogP contribution is 2.22. The molecule has 0 aliphatic carbocycles. The third-order valence-electron chi connectivity index (χ3n) is 2.68. The van der Waals surface area contributed by atoms with E-state index in [1.54, 1.807) is 18.2 Å². The monoisotopic (exact) mass is 317 g/mol. The Hall–Kier alpha value is -1.30. The first-order valence-electron chi connectivity index (χ1n) is 6.09. The summed E-state index contributed by atoms with van der Waals surface area (Å²) in [6.07, 6.45) is 0.903. The Balaban J connectivity index is 1.81. The number of hydrogen-bond acceptors (Lipinski definition) is 4. The topological polar surface area (TPSA) is 64.6 Å². The molecule has 0 bridgehead atoms. The number of ether oxygens (including phenoxy) is 2. The molecule has 1 N–H and O–H groups in total. The summed E-state index contributed by atoms with van der Waals surface area (Å²) in [4.78, 5) is 23.2. The standard InChI is InChI=1S/C13H13Cl2NO4/c14-8-4-9(15)6-10(5-8)16-12(17)7-20-13(18)11-2-1-3-19-11/h4-6,11H,1-3,7H2,(H,16,17)/t11-/m0/s1. The summed E-state index contributed by atoms with van der Waals surface area (Å²) < 4.78 is 10.0. The molecule has 1 heterocycles. The molecule has 0 unspecified atom stereocenters. The fourth-order valence-electron chi connectivity index (χ4n) is 1.82. The number of hydrogen-bond donors (Lipinski definition) is 1. The number of esters is 1. The van der Waals surface area contributed by atoms with Crippen molar-refractivity contribution in [3.8, 4) is 0 Å². The second-order valence-electron chi connectivity index (χ2n) is 4.32. The molecule has 1 atom stereocenters. The van der Waals surface area contributed by atoms with E-state index in [0.717, 1.165) is 6.42 Å². The number of rotatable bonds is 4. The summed E-state index contributed by atoms with van der Waals surface area (Å²) in [5, 5.41) is 3.36. The molecule has 0 spiro atoms. The molecule has 108 valence electrons. The van der Waals surface area contributed by atoms with Gasteiger partial charge in [-0.1, -0.05) is 23.2 Å². The van der Waals surface area contributed by atoms with Gasteiger partial charge in [-0.2, -0.15) is 0 Å². The van der Waals surface area contributed by atoms with E-state index in [1.165, 1.54) is 0 Å². The normalized spacial score (nSPS) is 17.8. The maximum absolute atomic E-state index is 11.6. The number of amides is 1. The van der Waals surface area contributed by atoms with Gasteiger partial charge in [-0.25, -0.2) is 4.79 Å². The first kappa shape index (κ1) is 15.1. The largest absolute Gasteiger partial charge is 0.454 e. The minimum absolute atomic E-state index is 0.372. The average Bonchev–Trinajstić information content (AvgIpc) is 2.88. The molecule has 2 rings (SSSR count). The number of halogens is 2. The maximum Gasteiger partial charge on any atom is 0.335 e. The molecular weight excluding hydrogens is 305 g/mol. The molecule has 5 nitrogen and oxygen atoms in total. The van der Waals surface area contributed by atoms with Crippen molar-refractivity contribution in [1.82, 2.24) is 0 Å². The summed E-state index contributed by atoms with van der Waals surface area (Å²) in [7, 11) is 0. The molecule has 1 amide bonds. The van der Waals surface area contributed by atoms with Gasteiger partial charge < -0.3 is 14.8 Å². The van der Waals surface area contributed by atoms with Crippen LogP contribution in [-0.4, -0.2) is 31.2 Å². The number of carbonyl (C=O) groups is 2. The number of nitrogens with one attached hydrogen (secondary N) is 1. The van der Waals surface area contributed by atoms with Gasteiger partial charge >= 0.3 is 5.97 Å². The van der Waals surface area contributed by atoms with Crippen LogP contribution < -0.4 is 5.32 Å². The van der Waals surface area contributed by atoms with Crippen molar-refractivity contribution in [1.29, 1.82) is 0 Å². The smallest absolute Gasteiger partial charge is 0.335 e. The fraction of sp³-hybridized carbons (Fsp3) is 0.385. The van der Waals surface area contributed by atoms with Crippen LogP contribution in [0, 0.1) is 0 Å². The molecule has 1 fully saturated rings. The van der Waals surface area contributed by atoms with E-state index in [4.69, 9.17) is 32.7 Å². The van der Waals surface area contributed by atoms with Crippen LogP contribution in [0.1, 0.15) is 12.8 Å². The highest BCUT2D eigenvalue weighted by molar-refractivity contribution is 6.35. The van der Waals surface area contributed by atoms with Gasteiger partial charge in [-0.05, 0) is 31.0 Å². The van der Waals surface area contributed by atoms with Crippen molar-refractivity contribution in [3.63, 3.8) is 0 Å². The lowest BCUT2D eigenvalue weighted by atomic mass is 10.2. The summed E-state index contributed by atoms with van der Waals surface area (Å²) in [6.45, 7) is 0.176. The van der Waals surface area contributed by atoms with Gasteiger partial charge in [0, 0.05) is 22.3 Å². The van der Waals surface area contributed by atoms with Crippen LogP contribution in [0.25, 0.3) is 0 Å². The molecule has 0 radical (unpaired) electrons. The summed E-state index contributed by atoms with van der Waals surface area (Å²) in [6, 6.07) is 4.65. The average molecular weight is 318 g/mol. The van der Waals surface area contributed by atoms with E-state index in [-0.39, 0.29) is 6.61 Å². The van der Waals surface area contributed by atoms with Gasteiger partial charge in [-0.3, -0.25) is 4.79 Å². The first-order valence-corrected chi connectivity index (χ1v) is 6.84. The van der Waals surface area contributed by atoms with E-state index in [9.17, 15) is 9.59 Å². The summed E-state index contributed by atoms with van der Waals surface area (Å²) in [5.41, 5.74) is 0.445. The zero-order chi connectivity index (χ0) is 14.5. The molecule has 1 aromatic rings. The minimum atomic E-state index is -0.552. The predicted molar refractivity (Wildman–Crippen MR) is 75.0 cm³/mol. The zero-order valence-electron chi connectivity index (χ0n) is 10.5. The second kappa shape index (κ2) is 6.92. The van der Waals surface area contributed by atoms with Crippen LogP contribution in [0.2, 0.25) is 10.0 Å². The number of anilines is 1. The Kier molecular flexibility index (Phi) is 5.23. The van der Waals surface area contributed by atoms with E-state index >= 15 is 0 Å². The van der Waals surface area contributed by atoms with Crippen molar-refractivity contribution >= 4 is 40.8 Å². The molecule has 0 saturated carbocycles. The first-order chi connectivity index (χ1) is 9.54.